The second-order valence-electron chi connectivity index (χ2n) is 5.05. The summed E-state index contributed by atoms with van der Waals surface area (Å²) in [6.07, 6.45) is -1.69. The van der Waals surface area contributed by atoms with Crippen molar-refractivity contribution in [2.45, 2.75) is 57.6 Å². The Labute approximate surface area is 99.8 Å². The van der Waals surface area contributed by atoms with Crippen LogP contribution in [0.4, 0.5) is 0 Å². The first kappa shape index (κ1) is 12.8. The molecule has 0 amide bonds. The van der Waals surface area contributed by atoms with Gasteiger partial charge in [-0.3, -0.25) is 0 Å². The predicted molar refractivity (Wildman–Crippen MR) is 56.0 cm³/mol. The lowest BCUT2D eigenvalue weighted by Gasteiger charge is -2.22. The van der Waals surface area contributed by atoms with E-state index >= 15 is 0 Å². The van der Waals surface area contributed by atoms with Gasteiger partial charge in [0.05, 0.1) is 12.7 Å². The molecule has 2 aliphatic heterocycles. The highest BCUT2D eigenvalue weighted by atomic mass is 16.8. The highest BCUT2D eigenvalue weighted by Crippen LogP contribution is 2.44. The van der Waals surface area contributed by atoms with Gasteiger partial charge in [-0.25, -0.2) is 4.79 Å². The number of rotatable bonds is 3. The largest absolute Gasteiger partial charge is 0.430 e. The molecule has 98 valence electrons. The standard InChI is InChI=1S/C11H18O6/c1-6(2)14-8-7-11(5-12,9(13)15-8)17-10(3,4)16-7/h6-8,12H,5H2,1-4H3/t7-,8+,11-/m0/s1. The lowest BCUT2D eigenvalue weighted by atomic mass is 10.0. The highest BCUT2D eigenvalue weighted by Gasteiger charge is 2.68. The van der Waals surface area contributed by atoms with Gasteiger partial charge in [-0.15, -0.1) is 0 Å². The van der Waals surface area contributed by atoms with Crippen molar-refractivity contribution in [3.05, 3.63) is 0 Å². The molecule has 2 heterocycles. The van der Waals surface area contributed by atoms with Crippen molar-refractivity contribution in [1.82, 2.24) is 0 Å². The van der Waals surface area contributed by atoms with E-state index in [-0.39, 0.29) is 6.10 Å². The third-order valence-corrected chi connectivity index (χ3v) is 2.76. The lowest BCUT2D eigenvalue weighted by Crippen LogP contribution is -2.48. The van der Waals surface area contributed by atoms with Crippen molar-refractivity contribution in [2.75, 3.05) is 6.61 Å². The molecule has 2 fully saturated rings. The summed E-state index contributed by atoms with van der Waals surface area (Å²) in [6, 6.07) is 0. The van der Waals surface area contributed by atoms with Gasteiger partial charge in [0.25, 0.3) is 0 Å². The Balaban J connectivity index is 2.26. The normalized spacial score (nSPS) is 39.5. The van der Waals surface area contributed by atoms with Crippen molar-refractivity contribution >= 4 is 5.97 Å². The first-order valence-corrected chi connectivity index (χ1v) is 5.66. The van der Waals surface area contributed by atoms with Crippen LogP contribution in [0.15, 0.2) is 0 Å². The van der Waals surface area contributed by atoms with Crippen LogP contribution < -0.4 is 0 Å². The summed E-state index contributed by atoms with van der Waals surface area (Å²) in [6.45, 7) is 6.53. The molecule has 2 aliphatic rings. The maximum absolute atomic E-state index is 11.8. The molecule has 0 aliphatic carbocycles. The van der Waals surface area contributed by atoms with E-state index in [1.165, 1.54) is 0 Å². The van der Waals surface area contributed by atoms with Gasteiger partial charge in [0.2, 0.25) is 11.9 Å². The van der Waals surface area contributed by atoms with Crippen molar-refractivity contribution < 1.29 is 28.8 Å². The van der Waals surface area contributed by atoms with Crippen molar-refractivity contribution in [3.8, 4) is 0 Å². The molecule has 6 nitrogen and oxygen atoms in total. The summed E-state index contributed by atoms with van der Waals surface area (Å²) in [5.41, 5.74) is -1.46. The number of cyclic esters (lactones) is 1. The van der Waals surface area contributed by atoms with Gasteiger partial charge >= 0.3 is 5.97 Å². The van der Waals surface area contributed by atoms with Crippen LogP contribution >= 0.6 is 0 Å². The Morgan fingerprint density at radius 1 is 1.47 bits per heavy atom. The summed E-state index contributed by atoms with van der Waals surface area (Å²) < 4.78 is 21.6. The molecule has 0 aromatic carbocycles. The Hall–Kier alpha value is -0.690. The smallest absolute Gasteiger partial charge is 0.346 e. The van der Waals surface area contributed by atoms with Gasteiger partial charge in [-0.1, -0.05) is 0 Å². The molecule has 0 spiro atoms. The fraction of sp³-hybridized carbons (Fsp3) is 0.909. The van der Waals surface area contributed by atoms with Gasteiger partial charge in [0.1, 0.15) is 0 Å². The summed E-state index contributed by atoms with van der Waals surface area (Å²) in [5.74, 6) is -1.58. The van der Waals surface area contributed by atoms with Gasteiger partial charge in [-0.05, 0) is 27.7 Å². The minimum Gasteiger partial charge on any atom is -0.430 e. The fourth-order valence-electron chi connectivity index (χ4n) is 2.18. The number of esters is 1. The monoisotopic (exact) mass is 246 g/mol. The van der Waals surface area contributed by atoms with E-state index in [2.05, 4.69) is 0 Å². The zero-order chi connectivity index (χ0) is 12.8. The minimum atomic E-state index is -1.46. The molecule has 6 heteroatoms. The average molecular weight is 246 g/mol. The number of carbonyl (C=O) groups excluding carboxylic acids is 1. The van der Waals surface area contributed by atoms with Gasteiger partial charge < -0.3 is 24.1 Å². The van der Waals surface area contributed by atoms with Crippen LogP contribution in [0.2, 0.25) is 0 Å². The van der Waals surface area contributed by atoms with Crippen LogP contribution in [-0.4, -0.2) is 47.6 Å². The molecule has 0 aromatic rings. The topological polar surface area (TPSA) is 74.2 Å². The van der Waals surface area contributed by atoms with Crippen molar-refractivity contribution in [2.24, 2.45) is 0 Å². The number of carbonyl (C=O) groups is 1. The number of fused-ring (bicyclic) bond motifs is 1. The molecule has 0 bridgehead atoms. The Kier molecular flexibility index (Phi) is 2.94. The van der Waals surface area contributed by atoms with Crippen molar-refractivity contribution in [1.29, 1.82) is 0 Å². The molecule has 2 saturated heterocycles. The van der Waals surface area contributed by atoms with Crippen LogP contribution in [-0.2, 0) is 23.7 Å². The average Bonchev–Trinajstić information content (AvgIpc) is 2.59. The number of hydrogen-bond acceptors (Lipinski definition) is 6. The molecule has 3 atom stereocenters. The Morgan fingerprint density at radius 3 is 2.65 bits per heavy atom. The molecule has 0 radical (unpaired) electrons. The van der Waals surface area contributed by atoms with Crippen LogP contribution in [0.3, 0.4) is 0 Å². The zero-order valence-corrected chi connectivity index (χ0v) is 10.4. The maximum Gasteiger partial charge on any atom is 0.346 e. The van der Waals surface area contributed by atoms with Crippen molar-refractivity contribution in [3.63, 3.8) is 0 Å². The van der Waals surface area contributed by atoms with Crippen LogP contribution in [0, 0.1) is 0 Å². The second-order valence-corrected chi connectivity index (χ2v) is 5.05. The van der Waals surface area contributed by atoms with Crippen LogP contribution in [0.1, 0.15) is 27.7 Å². The SMILES string of the molecule is CC(C)O[C@@H]1OC(=O)[C@@]2(CO)OC(C)(C)O[C@@H]12. The fourth-order valence-corrected chi connectivity index (χ4v) is 2.18. The lowest BCUT2D eigenvalue weighted by molar-refractivity contribution is -0.231. The van der Waals surface area contributed by atoms with E-state index in [4.69, 9.17) is 18.9 Å². The Bertz CT molecular complexity index is 326. The molecule has 1 N–H and O–H groups in total. The maximum atomic E-state index is 11.8. The zero-order valence-electron chi connectivity index (χ0n) is 10.4. The number of aliphatic hydroxyl groups excluding tert-OH is 1. The number of ether oxygens (including phenoxy) is 4. The predicted octanol–water partition coefficient (Wildman–Crippen LogP) is 0.177. The third kappa shape index (κ3) is 1.95. The second kappa shape index (κ2) is 3.91. The van der Waals surface area contributed by atoms with E-state index in [0.29, 0.717) is 0 Å². The van der Waals surface area contributed by atoms with E-state index in [1.54, 1.807) is 13.8 Å². The quantitative estimate of drug-likeness (QED) is 0.716. The molecule has 17 heavy (non-hydrogen) atoms. The summed E-state index contributed by atoms with van der Waals surface area (Å²) in [7, 11) is 0. The molecule has 0 unspecified atom stereocenters. The highest BCUT2D eigenvalue weighted by molar-refractivity contribution is 5.83. The van der Waals surface area contributed by atoms with Crippen LogP contribution in [0.25, 0.3) is 0 Å². The minimum absolute atomic E-state index is 0.116. The molecule has 2 rings (SSSR count). The first-order chi connectivity index (χ1) is 7.81. The molecule has 0 aromatic heterocycles. The Morgan fingerprint density at radius 2 is 2.12 bits per heavy atom. The first-order valence-electron chi connectivity index (χ1n) is 5.66. The number of hydrogen-bond donors (Lipinski definition) is 1. The summed E-state index contributed by atoms with van der Waals surface area (Å²) >= 11 is 0. The molecule has 0 saturated carbocycles. The van der Waals surface area contributed by atoms with Gasteiger partial charge in [0.15, 0.2) is 11.9 Å². The van der Waals surface area contributed by atoms with Gasteiger partial charge in [-0.2, -0.15) is 0 Å². The molecular weight excluding hydrogens is 228 g/mol. The third-order valence-electron chi connectivity index (χ3n) is 2.76. The summed E-state index contributed by atoms with van der Waals surface area (Å²) in [4.78, 5) is 11.8. The van der Waals surface area contributed by atoms with E-state index in [9.17, 15) is 9.90 Å². The van der Waals surface area contributed by atoms with Crippen LogP contribution in [0.5, 0.6) is 0 Å². The number of aliphatic hydroxyl groups is 1. The van der Waals surface area contributed by atoms with E-state index in [1.807, 2.05) is 13.8 Å². The van der Waals surface area contributed by atoms with E-state index in [0.717, 1.165) is 0 Å². The van der Waals surface area contributed by atoms with Gasteiger partial charge in [0, 0.05) is 0 Å². The van der Waals surface area contributed by atoms with E-state index < -0.39 is 36.4 Å². The molecular formula is C11H18O6. The summed E-state index contributed by atoms with van der Waals surface area (Å²) in [5, 5.41) is 9.42.